The minimum Gasteiger partial charge on any atom is -0.497 e. The number of esters is 1. The second-order valence-electron chi connectivity index (χ2n) is 7.64. The van der Waals surface area contributed by atoms with E-state index in [2.05, 4.69) is 10.1 Å². The normalized spacial score (nSPS) is 10.9. The number of para-hydroxylation sites is 1. The fourth-order valence-corrected chi connectivity index (χ4v) is 3.80. The molecule has 0 bridgehead atoms. The lowest BCUT2D eigenvalue weighted by atomic mass is 10.1. The van der Waals surface area contributed by atoms with Crippen LogP contribution in [0.15, 0.2) is 90.0 Å². The van der Waals surface area contributed by atoms with Gasteiger partial charge in [0.25, 0.3) is 5.56 Å². The molecule has 0 aliphatic heterocycles. The van der Waals surface area contributed by atoms with Crippen molar-refractivity contribution in [2.75, 3.05) is 7.11 Å². The first-order valence-corrected chi connectivity index (χ1v) is 11.0. The topological polar surface area (TPSA) is 87.7 Å². The molecule has 35 heavy (non-hydrogen) atoms. The van der Waals surface area contributed by atoms with Crippen LogP contribution in [0.1, 0.15) is 16.1 Å². The summed E-state index contributed by atoms with van der Waals surface area (Å²) >= 11 is 5.96. The maximum atomic E-state index is 13.2. The first-order chi connectivity index (χ1) is 17.0. The lowest BCUT2D eigenvalue weighted by Crippen LogP contribution is -2.16. The van der Waals surface area contributed by atoms with Crippen LogP contribution in [0.2, 0.25) is 5.02 Å². The molecule has 0 atom stereocenters. The first-order valence-electron chi connectivity index (χ1n) is 10.7. The molecular formula is C26H19ClN4O4. The van der Waals surface area contributed by atoms with Gasteiger partial charge >= 0.3 is 5.97 Å². The van der Waals surface area contributed by atoms with Gasteiger partial charge in [0.05, 0.1) is 23.5 Å². The fraction of sp³-hybridized carbons (Fsp3) is 0.0769. The van der Waals surface area contributed by atoms with Crippen molar-refractivity contribution in [3.63, 3.8) is 0 Å². The molecule has 0 aliphatic carbocycles. The molecule has 0 amide bonds. The summed E-state index contributed by atoms with van der Waals surface area (Å²) in [6, 6.07) is 21.3. The molecule has 0 saturated carbocycles. The van der Waals surface area contributed by atoms with E-state index < -0.39 is 5.97 Å². The number of benzene rings is 2. The third kappa shape index (κ3) is 4.64. The largest absolute Gasteiger partial charge is 0.497 e. The zero-order chi connectivity index (χ0) is 24.4. The fourth-order valence-electron chi connectivity index (χ4n) is 3.64. The minimum atomic E-state index is -0.594. The molecule has 0 aliphatic rings. The highest BCUT2D eigenvalue weighted by atomic mass is 35.5. The van der Waals surface area contributed by atoms with Gasteiger partial charge in [0.15, 0.2) is 0 Å². The van der Waals surface area contributed by atoms with Crippen LogP contribution in [-0.4, -0.2) is 32.2 Å². The standard InChI is InChI=1S/C26H19ClN4O4/c1-34-21-9-5-6-17(12-21)25-22(15-31(29-25)20-7-3-2-4-8-20)26(33)35-16-19-13-24(32)30-14-18(27)10-11-23(30)28-19/h2-15H,16H2,1H3. The molecule has 0 radical (unpaired) electrons. The van der Waals surface area contributed by atoms with E-state index in [-0.39, 0.29) is 17.7 Å². The Balaban J connectivity index is 1.48. The molecule has 174 valence electrons. The number of hydrogen-bond acceptors (Lipinski definition) is 6. The zero-order valence-corrected chi connectivity index (χ0v) is 19.3. The van der Waals surface area contributed by atoms with Gasteiger partial charge in [-0.1, -0.05) is 41.9 Å². The smallest absolute Gasteiger partial charge is 0.342 e. The minimum absolute atomic E-state index is 0.179. The summed E-state index contributed by atoms with van der Waals surface area (Å²) in [6.45, 7) is -0.179. The average molecular weight is 487 g/mol. The number of halogens is 1. The summed E-state index contributed by atoms with van der Waals surface area (Å²) in [6.07, 6.45) is 3.11. The summed E-state index contributed by atoms with van der Waals surface area (Å²) in [5, 5.41) is 5.06. The molecule has 5 rings (SSSR count). The number of carbonyl (C=O) groups is 1. The molecule has 9 heteroatoms. The number of ether oxygens (including phenoxy) is 2. The van der Waals surface area contributed by atoms with Crippen molar-refractivity contribution in [1.29, 1.82) is 0 Å². The Hall–Kier alpha value is -4.43. The van der Waals surface area contributed by atoms with Crippen LogP contribution in [0.5, 0.6) is 5.75 Å². The second kappa shape index (κ2) is 9.44. The summed E-state index contributed by atoms with van der Waals surface area (Å²) in [7, 11) is 1.57. The average Bonchev–Trinajstić information content (AvgIpc) is 3.34. The molecule has 0 spiro atoms. The predicted octanol–water partition coefficient (Wildman–Crippen LogP) is 4.57. The molecule has 2 aromatic carbocycles. The molecule has 3 heterocycles. The number of nitrogens with zero attached hydrogens (tertiary/aromatic N) is 4. The van der Waals surface area contributed by atoms with Crippen LogP contribution in [0.3, 0.4) is 0 Å². The van der Waals surface area contributed by atoms with Gasteiger partial charge in [-0.25, -0.2) is 14.5 Å². The molecule has 0 N–H and O–H groups in total. The summed E-state index contributed by atoms with van der Waals surface area (Å²) < 4.78 is 13.8. The Morgan fingerprint density at radius 3 is 2.63 bits per heavy atom. The highest BCUT2D eigenvalue weighted by molar-refractivity contribution is 6.30. The Kier molecular flexibility index (Phi) is 6.03. The predicted molar refractivity (Wildman–Crippen MR) is 131 cm³/mol. The third-order valence-electron chi connectivity index (χ3n) is 5.33. The van der Waals surface area contributed by atoms with Gasteiger partial charge in [-0.2, -0.15) is 5.10 Å². The van der Waals surface area contributed by atoms with Crippen LogP contribution < -0.4 is 10.3 Å². The maximum absolute atomic E-state index is 13.2. The van der Waals surface area contributed by atoms with Crippen LogP contribution >= 0.6 is 11.6 Å². The number of rotatable bonds is 6. The number of carbonyl (C=O) groups excluding carboxylic acids is 1. The van der Waals surface area contributed by atoms with Gasteiger partial charge in [0, 0.05) is 24.0 Å². The molecule has 8 nitrogen and oxygen atoms in total. The van der Waals surface area contributed by atoms with Crippen molar-refractivity contribution in [2.24, 2.45) is 0 Å². The van der Waals surface area contributed by atoms with E-state index in [1.807, 2.05) is 48.5 Å². The van der Waals surface area contributed by atoms with Crippen molar-refractivity contribution >= 4 is 23.2 Å². The van der Waals surface area contributed by atoms with Gasteiger partial charge < -0.3 is 9.47 Å². The monoisotopic (exact) mass is 486 g/mol. The molecule has 0 fully saturated rings. The van der Waals surface area contributed by atoms with Crippen LogP contribution in [0.25, 0.3) is 22.6 Å². The Bertz CT molecular complexity index is 1590. The van der Waals surface area contributed by atoms with E-state index in [4.69, 9.17) is 21.1 Å². The number of methoxy groups -OCH3 is 1. The molecule has 0 saturated heterocycles. The number of pyridine rings is 1. The van der Waals surface area contributed by atoms with Crippen molar-refractivity contribution in [2.45, 2.75) is 6.61 Å². The van der Waals surface area contributed by atoms with Crippen molar-refractivity contribution in [3.8, 4) is 22.7 Å². The van der Waals surface area contributed by atoms with Crippen LogP contribution in [0, 0.1) is 0 Å². The van der Waals surface area contributed by atoms with Gasteiger partial charge in [-0.3, -0.25) is 9.20 Å². The van der Waals surface area contributed by atoms with Gasteiger partial charge in [0.1, 0.15) is 29.3 Å². The lowest BCUT2D eigenvalue weighted by molar-refractivity contribution is 0.0468. The van der Waals surface area contributed by atoms with Crippen LogP contribution in [0.4, 0.5) is 0 Å². The van der Waals surface area contributed by atoms with Gasteiger partial charge in [-0.15, -0.1) is 0 Å². The number of hydrogen-bond donors (Lipinski definition) is 0. The highest BCUT2D eigenvalue weighted by Crippen LogP contribution is 2.27. The van der Waals surface area contributed by atoms with Crippen molar-refractivity contribution in [3.05, 3.63) is 112 Å². The lowest BCUT2D eigenvalue weighted by Gasteiger charge is -2.07. The molecular weight excluding hydrogens is 468 g/mol. The van der Waals surface area contributed by atoms with Gasteiger partial charge in [-0.05, 0) is 36.4 Å². The third-order valence-corrected chi connectivity index (χ3v) is 5.55. The number of aromatic nitrogens is 4. The summed E-state index contributed by atoms with van der Waals surface area (Å²) in [5.74, 6) is 0.0418. The highest BCUT2D eigenvalue weighted by Gasteiger charge is 2.21. The Labute approximate surface area is 205 Å². The SMILES string of the molecule is COc1cccc(-c2nn(-c3ccccc3)cc2C(=O)OCc2cc(=O)n3cc(Cl)ccc3n2)c1. The van der Waals surface area contributed by atoms with E-state index in [0.29, 0.717) is 33.4 Å². The van der Waals surface area contributed by atoms with E-state index in [1.54, 1.807) is 36.2 Å². The second-order valence-corrected chi connectivity index (χ2v) is 8.08. The van der Waals surface area contributed by atoms with E-state index in [9.17, 15) is 9.59 Å². The quantitative estimate of drug-likeness (QED) is 0.327. The molecule has 3 aromatic heterocycles. The zero-order valence-electron chi connectivity index (χ0n) is 18.6. The van der Waals surface area contributed by atoms with Crippen LogP contribution in [-0.2, 0) is 11.3 Å². The van der Waals surface area contributed by atoms with Crippen molar-refractivity contribution in [1.82, 2.24) is 19.2 Å². The Morgan fingerprint density at radius 1 is 1.00 bits per heavy atom. The number of fused-ring (bicyclic) bond motifs is 1. The maximum Gasteiger partial charge on any atom is 0.342 e. The Morgan fingerprint density at radius 2 is 1.83 bits per heavy atom. The molecule has 0 unspecified atom stereocenters. The van der Waals surface area contributed by atoms with E-state index in [0.717, 1.165) is 5.69 Å². The molecule has 5 aromatic rings. The van der Waals surface area contributed by atoms with Gasteiger partial charge in [0.2, 0.25) is 0 Å². The summed E-state index contributed by atoms with van der Waals surface area (Å²) in [5.41, 5.74) is 2.61. The summed E-state index contributed by atoms with van der Waals surface area (Å²) in [4.78, 5) is 30.0. The van der Waals surface area contributed by atoms with E-state index in [1.165, 1.54) is 16.7 Å². The first kappa shape index (κ1) is 22.4. The van der Waals surface area contributed by atoms with E-state index >= 15 is 0 Å². The van der Waals surface area contributed by atoms with Crippen molar-refractivity contribution < 1.29 is 14.3 Å².